The molecule has 0 aromatic heterocycles. The quantitative estimate of drug-likeness (QED) is 0.278. The summed E-state index contributed by atoms with van der Waals surface area (Å²) in [6, 6.07) is 2.59. The van der Waals surface area contributed by atoms with E-state index in [1.54, 1.807) is 0 Å². The second-order valence-corrected chi connectivity index (χ2v) is 9.02. The fourth-order valence-corrected chi connectivity index (χ4v) is 5.94. The van der Waals surface area contributed by atoms with Gasteiger partial charge in [0.1, 0.15) is 0 Å². The Bertz CT molecular complexity index is 870. The number of thiol groups is 1. The predicted molar refractivity (Wildman–Crippen MR) is 83.4 cm³/mol. The molecular formula is C14H15F3N2O4S2. The van der Waals surface area contributed by atoms with E-state index in [9.17, 15) is 35.5 Å². The summed E-state index contributed by atoms with van der Waals surface area (Å²) < 4.78 is 84.9. The van der Waals surface area contributed by atoms with Gasteiger partial charge < -0.3 is 5.53 Å². The number of alkyl halides is 3. The molecule has 0 N–H and O–H groups in total. The highest BCUT2D eigenvalue weighted by Crippen LogP contribution is 2.36. The van der Waals surface area contributed by atoms with Crippen LogP contribution in [-0.4, -0.2) is 31.4 Å². The molecule has 1 aromatic carbocycles. The minimum Gasteiger partial charge on any atom is -0.360 e. The van der Waals surface area contributed by atoms with Gasteiger partial charge in [0.25, 0.3) is 9.84 Å². The van der Waals surface area contributed by atoms with Crippen LogP contribution in [0.15, 0.2) is 29.2 Å². The lowest BCUT2D eigenvalue weighted by Gasteiger charge is -2.27. The maximum Gasteiger partial charge on any atom is 0.416 e. The summed E-state index contributed by atoms with van der Waals surface area (Å²) in [5, 5.41) is -0.935. The van der Waals surface area contributed by atoms with E-state index in [2.05, 4.69) is 4.79 Å². The van der Waals surface area contributed by atoms with Crippen molar-refractivity contribution in [1.82, 2.24) is 0 Å². The van der Waals surface area contributed by atoms with Gasteiger partial charge in [0, 0.05) is 0 Å². The van der Waals surface area contributed by atoms with Gasteiger partial charge in [-0.2, -0.15) is 18.0 Å². The fraction of sp³-hybridized carbons (Fsp3) is 0.500. The molecule has 1 aliphatic carbocycles. The van der Waals surface area contributed by atoms with Crippen LogP contribution >= 0.6 is 0 Å². The Morgan fingerprint density at radius 2 is 1.60 bits per heavy atom. The first kappa shape index (κ1) is 19.6. The molecule has 0 radical (unpaired) electrons. The number of sulfone groups is 1. The molecule has 1 aliphatic rings. The lowest BCUT2D eigenvalue weighted by Crippen LogP contribution is -2.46. The highest BCUT2D eigenvalue weighted by atomic mass is 32.2. The molecule has 0 atom stereocenters. The minimum atomic E-state index is -4.64. The van der Waals surface area contributed by atoms with Crippen molar-refractivity contribution in [3.05, 3.63) is 35.4 Å². The van der Waals surface area contributed by atoms with Gasteiger partial charge in [-0.15, -0.1) is 0 Å². The molecule has 1 saturated carbocycles. The molecule has 2 rings (SSSR count). The molecule has 1 aromatic rings. The van der Waals surface area contributed by atoms with Gasteiger partial charge in [-0.25, -0.2) is 16.8 Å². The summed E-state index contributed by atoms with van der Waals surface area (Å²) in [7, 11) is -7.85. The molecule has 0 bridgehead atoms. The SMILES string of the molecule is [N-]=[N+]=C(C1([SH](=O)=O)CCCCC1)S(=O)(=O)c1ccc(C(F)(F)F)cc1. The van der Waals surface area contributed by atoms with E-state index in [4.69, 9.17) is 0 Å². The van der Waals surface area contributed by atoms with Crippen molar-refractivity contribution in [1.29, 1.82) is 0 Å². The van der Waals surface area contributed by atoms with Gasteiger partial charge in [-0.1, -0.05) is 19.3 Å². The van der Waals surface area contributed by atoms with E-state index < -0.39 is 47.0 Å². The third kappa shape index (κ3) is 3.63. The summed E-state index contributed by atoms with van der Waals surface area (Å²) in [6.07, 6.45) is -3.10. The average Bonchev–Trinajstić information content (AvgIpc) is 2.55. The van der Waals surface area contributed by atoms with E-state index in [-0.39, 0.29) is 12.8 Å². The molecule has 0 aliphatic heterocycles. The smallest absolute Gasteiger partial charge is 0.360 e. The van der Waals surface area contributed by atoms with Crippen LogP contribution < -0.4 is 0 Å². The molecule has 0 unspecified atom stereocenters. The van der Waals surface area contributed by atoms with Crippen LogP contribution in [0.3, 0.4) is 0 Å². The number of hydrogen-bond acceptors (Lipinski definition) is 4. The van der Waals surface area contributed by atoms with Crippen LogP contribution in [0.25, 0.3) is 5.53 Å². The third-order valence-corrected chi connectivity index (χ3v) is 7.65. The number of benzene rings is 1. The Kier molecular flexibility index (Phi) is 5.41. The normalized spacial score (nSPS) is 17.9. The molecule has 138 valence electrons. The molecule has 11 heteroatoms. The van der Waals surface area contributed by atoms with Crippen LogP contribution in [0.1, 0.15) is 37.7 Å². The van der Waals surface area contributed by atoms with Crippen molar-refractivity contribution in [2.45, 2.75) is 47.9 Å². The second-order valence-electron chi connectivity index (χ2n) is 5.78. The van der Waals surface area contributed by atoms with Gasteiger partial charge in [0.05, 0.1) is 10.5 Å². The van der Waals surface area contributed by atoms with Crippen LogP contribution in [0.2, 0.25) is 0 Å². The zero-order valence-electron chi connectivity index (χ0n) is 12.9. The van der Waals surface area contributed by atoms with Crippen molar-refractivity contribution in [3.8, 4) is 0 Å². The highest BCUT2D eigenvalue weighted by molar-refractivity contribution is 8.07. The molecule has 1 fully saturated rings. The van der Waals surface area contributed by atoms with Gasteiger partial charge in [-0.3, -0.25) is 0 Å². The average molecular weight is 396 g/mol. The third-order valence-electron chi connectivity index (χ3n) is 4.27. The first-order chi connectivity index (χ1) is 11.6. The molecule has 0 heterocycles. The number of hydrogen-bond donors (Lipinski definition) is 1. The zero-order chi connectivity index (χ0) is 18.9. The van der Waals surface area contributed by atoms with Gasteiger partial charge in [-0.05, 0) is 37.1 Å². The highest BCUT2D eigenvalue weighted by Gasteiger charge is 2.54. The number of halogens is 3. The first-order valence-corrected chi connectivity index (χ1v) is 10.0. The summed E-state index contributed by atoms with van der Waals surface area (Å²) in [6.45, 7) is 0. The number of nitrogens with zero attached hydrogens (tertiary/aromatic N) is 2. The Morgan fingerprint density at radius 3 is 2.00 bits per heavy atom. The largest absolute Gasteiger partial charge is 0.416 e. The van der Waals surface area contributed by atoms with Crippen LogP contribution in [0.5, 0.6) is 0 Å². The lowest BCUT2D eigenvalue weighted by molar-refractivity contribution is -0.137. The van der Waals surface area contributed by atoms with Crippen molar-refractivity contribution in [2.75, 3.05) is 0 Å². The van der Waals surface area contributed by atoms with Crippen molar-refractivity contribution in [3.63, 3.8) is 0 Å². The van der Waals surface area contributed by atoms with E-state index in [0.717, 1.165) is 12.1 Å². The molecule has 6 nitrogen and oxygen atoms in total. The Hall–Kier alpha value is -1.71. The van der Waals surface area contributed by atoms with Crippen molar-refractivity contribution in [2.24, 2.45) is 0 Å². The fourth-order valence-electron chi connectivity index (χ4n) is 2.94. The maximum atomic E-state index is 12.7. The zero-order valence-corrected chi connectivity index (χ0v) is 14.6. The Balaban J connectivity index is 2.54. The van der Waals surface area contributed by atoms with Crippen LogP contribution in [0, 0.1) is 0 Å². The maximum absolute atomic E-state index is 12.7. The Labute approximate surface area is 144 Å². The molecule has 0 amide bonds. The first-order valence-electron chi connectivity index (χ1n) is 7.35. The predicted octanol–water partition coefficient (Wildman–Crippen LogP) is 2.42. The Morgan fingerprint density at radius 1 is 1.08 bits per heavy atom. The molecule has 0 spiro atoms. The van der Waals surface area contributed by atoms with Crippen LogP contribution in [0.4, 0.5) is 13.2 Å². The van der Waals surface area contributed by atoms with Gasteiger partial charge in [0.15, 0.2) is 15.5 Å². The van der Waals surface area contributed by atoms with Crippen molar-refractivity contribution >= 4 is 25.6 Å². The molecule has 25 heavy (non-hydrogen) atoms. The minimum absolute atomic E-state index is 0.0229. The summed E-state index contributed by atoms with van der Waals surface area (Å²) >= 11 is 0. The van der Waals surface area contributed by atoms with E-state index in [1.807, 2.05) is 0 Å². The van der Waals surface area contributed by atoms with E-state index in [1.165, 1.54) is 0 Å². The van der Waals surface area contributed by atoms with Crippen LogP contribution in [-0.2, 0) is 26.7 Å². The summed E-state index contributed by atoms with van der Waals surface area (Å²) in [5.41, 5.74) is 8.19. The van der Waals surface area contributed by atoms with Gasteiger partial charge >= 0.3 is 11.2 Å². The summed E-state index contributed by atoms with van der Waals surface area (Å²) in [5.74, 6) is 0. The lowest BCUT2D eigenvalue weighted by atomic mass is 9.89. The standard InChI is InChI=1S/C14H15F3N2O4S2/c15-14(16,17)10-4-6-11(7-5-10)25(22,23)12(19-18)13(24(20)21)8-2-1-3-9-13/h4-7,24H,1-3,8-9H2. The van der Waals surface area contributed by atoms with E-state index in [0.29, 0.717) is 31.4 Å². The van der Waals surface area contributed by atoms with Crippen molar-refractivity contribution < 1.29 is 34.8 Å². The second kappa shape index (κ2) is 6.89. The van der Waals surface area contributed by atoms with E-state index >= 15 is 0 Å². The van der Waals surface area contributed by atoms with Gasteiger partial charge in [0.2, 0.25) is 0 Å². The monoisotopic (exact) mass is 396 g/mol. The molecular weight excluding hydrogens is 381 g/mol. The summed E-state index contributed by atoms with van der Waals surface area (Å²) in [4.78, 5) is 2.19. The molecule has 0 saturated heterocycles. The number of rotatable bonds is 3. The topological polar surface area (TPSA) is 105 Å².